The Kier molecular flexibility index (Phi) is 5.14. The Bertz CT molecular complexity index is 605. The molecule has 0 N–H and O–H groups in total. The molecule has 0 amide bonds. The van der Waals surface area contributed by atoms with Crippen molar-refractivity contribution in [2.24, 2.45) is 0 Å². The third-order valence-corrected chi connectivity index (χ3v) is 3.29. The molecule has 0 radical (unpaired) electrons. The molecule has 0 heterocycles. The van der Waals surface area contributed by atoms with E-state index in [2.05, 4.69) is 80.3 Å². The lowest BCUT2D eigenvalue weighted by atomic mass is 9.90. The van der Waals surface area contributed by atoms with Gasteiger partial charge in [-0.2, -0.15) is 0 Å². The van der Waals surface area contributed by atoms with E-state index in [0.717, 1.165) is 6.42 Å². The van der Waals surface area contributed by atoms with Crippen molar-refractivity contribution in [3.63, 3.8) is 0 Å². The highest BCUT2D eigenvalue weighted by Gasteiger charge is 2.10. The Morgan fingerprint density at radius 2 is 1.85 bits per heavy atom. The Morgan fingerprint density at radius 1 is 1.05 bits per heavy atom. The summed E-state index contributed by atoms with van der Waals surface area (Å²) >= 11 is 0. The molecule has 20 heavy (non-hydrogen) atoms. The topological polar surface area (TPSA) is 0 Å². The average Bonchev–Trinajstić information content (AvgIpc) is 2.77. The number of benzene rings is 1. The SMILES string of the molecule is C=C/C=C(C1=CC=CC=CC1)\C(=C/C)c1ccccc1. The lowest BCUT2D eigenvalue weighted by Gasteiger charge is -2.14. The second-order valence-electron chi connectivity index (χ2n) is 4.59. The first-order valence-corrected chi connectivity index (χ1v) is 6.94. The molecule has 0 aromatic heterocycles. The Balaban J connectivity index is 2.45. The average molecular weight is 260 g/mol. The number of hydrogen-bond acceptors (Lipinski definition) is 0. The molecule has 0 unspecified atom stereocenters. The Hall–Kier alpha value is -2.34. The fourth-order valence-electron chi connectivity index (χ4n) is 2.36. The van der Waals surface area contributed by atoms with E-state index in [0.29, 0.717) is 0 Å². The molecular weight excluding hydrogens is 240 g/mol. The number of hydrogen-bond donors (Lipinski definition) is 0. The maximum Gasteiger partial charge on any atom is -0.00882 e. The van der Waals surface area contributed by atoms with Crippen LogP contribution in [-0.4, -0.2) is 0 Å². The van der Waals surface area contributed by atoms with E-state index in [1.807, 2.05) is 12.1 Å². The van der Waals surface area contributed by atoms with Gasteiger partial charge in [0.15, 0.2) is 0 Å². The van der Waals surface area contributed by atoms with Crippen molar-refractivity contribution in [3.8, 4) is 0 Å². The maximum atomic E-state index is 3.86. The molecular formula is C20H20. The van der Waals surface area contributed by atoms with Crippen molar-refractivity contribution < 1.29 is 0 Å². The zero-order valence-corrected chi connectivity index (χ0v) is 11.9. The first kappa shape index (κ1) is 14.1. The van der Waals surface area contributed by atoms with Gasteiger partial charge in [0.1, 0.15) is 0 Å². The van der Waals surface area contributed by atoms with Gasteiger partial charge in [-0.3, -0.25) is 0 Å². The fourth-order valence-corrected chi connectivity index (χ4v) is 2.36. The third kappa shape index (κ3) is 3.36. The molecule has 0 nitrogen and oxygen atoms in total. The maximum absolute atomic E-state index is 3.86. The van der Waals surface area contributed by atoms with E-state index in [9.17, 15) is 0 Å². The minimum Gasteiger partial charge on any atom is -0.0990 e. The minimum absolute atomic E-state index is 0.941. The second kappa shape index (κ2) is 7.30. The van der Waals surface area contributed by atoms with Crippen LogP contribution in [0.4, 0.5) is 0 Å². The second-order valence-corrected chi connectivity index (χ2v) is 4.59. The normalized spacial score (nSPS) is 15.8. The monoisotopic (exact) mass is 260 g/mol. The molecule has 0 saturated carbocycles. The molecule has 0 aliphatic heterocycles. The van der Waals surface area contributed by atoms with Gasteiger partial charge in [0.2, 0.25) is 0 Å². The first-order valence-electron chi connectivity index (χ1n) is 6.94. The van der Waals surface area contributed by atoms with Gasteiger partial charge < -0.3 is 0 Å². The zero-order chi connectivity index (χ0) is 14.2. The quantitative estimate of drug-likeness (QED) is 0.614. The van der Waals surface area contributed by atoms with Gasteiger partial charge in [-0.15, -0.1) is 0 Å². The highest BCUT2D eigenvalue weighted by molar-refractivity contribution is 5.84. The lowest BCUT2D eigenvalue weighted by Crippen LogP contribution is -1.94. The molecule has 0 bridgehead atoms. The molecule has 100 valence electrons. The van der Waals surface area contributed by atoms with Crippen molar-refractivity contribution in [2.75, 3.05) is 0 Å². The summed E-state index contributed by atoms with van der Waals surface area (Å²) < 4.78 is 0. The van der Waals surface area contributed by atoms with Gasteiger partial charge >= 0.3 is 0 Å². The minimum atomic E-state index is 0.941. The summed E-state index contributed by atoms with van der Waals surface area (Å²) in [6, 6.07) is 10.5. The Labute approximate surface area is 121 Å². The highest BCUT2D eigenvalue weighted by Crippen LogP contribution is 2.31. The van der Waals surface area contributed by atoms with Crippen molar-refractivity contribution in [3.05, 3.63) is 102 Å². The van der Waals surface area contributed by atoms with Gasteiger partial charge in [0.05, 0.1) is 0 Å². The van der Waals surface area contributed by atoms with E-state index in [1.165, 1.54) is 22.3 Å². The van der Waals surface area contributed by atoms with Gasteiger partial charge in [-0.25, -0.2) is 0 Å². The highest BCUT2D eigenvalue weighted by atomic mass is 14.1. The molecule has 1 aliphatic carbocycles. The van der Waals surface area contributed by atoms with Crippen molar-refractivity contribution in [1.29, 1.82) is 0 Å². The van der Waals surface area contributed by atoms with Crippen LogP contribution >= 0.6 is 0 Å². The lowest BCUT2D eigenvalue weighted by molar-refractivity contribution is 1.25. The summed E-state index contributed by atoms with van der Waals surface area (Å²) in [7, 11) is 0. The largest absolute Gasteiger partial charge is 0.0990 e. The van der Waals surface area contributed by atoms with E-state index in [4.69, 9.17) is 0 Å². The summed E-state index contributed by atoms with van der Waals surface area (Å²) in [5.74, 6) is 0. The third-order valence-electron chi connectivity index (χ3n) is 3.29. The van der Waals surface area contributed by atoms with Crippen LogP contribution < -0.4 is 0 Å². The van der Waals surface area contributed by atoms with E-state index < -0.39 is 0 Å². The molecule has 1 aliphatic rings. The molecule has 0 atom stereocenters. The molecule has 2 rings (SSSR count). The van der Waals surface area contributed by atoms with Crippen molar-refractivity contribution in [2.45, 2.75) is 13.3 Å². The summed E-state index contributed by atoms with van der Waals surface area (Å²) in [6.45, 7) is 5.95. The van der Waals surface area contributed by atoms with Gasteiger partial charge in [0, 0.05) is 0 Å². The number of rotatable bonds is 4. The molecule has 0 saturated heterocycles. The van der Waals surface area contributed by atoms with Crippen LogP contribution in [-0.2, 0) is 0 Å². The van der Waals surface area contributed by atoms with E-state index in [-0.39, 0.29) is 0 Å². The molecule has 1 aromatic carbocycles. The predicted octanol–water partition coefficient (Wildman–Crippen LogP) is 5.64. The van der Waals surface area contributed by atoms with Gasteiger partial charge in [-0.05, 0) is 35.6 Å². The predicted molar refractivity (Wildman–Crippen MR) is 89.4 cm³/mol. The molecule has 0 spiro atoms. The van der Waals surface area contributed by atoms with Crippen LogP contribution in [0.2, 0.25) is 0 Å². The summed E-state index contributed by atoms with van der Waals surface area (Å²) in [5.41, 5.74) is 5.04. The van der Waals surface area contributed by atoms with Crippen molar-refractivity contribution in [1.82, 2.24) is 0 Å². The summed E-state index contributed by atoms with van der Waals surface area (Å²) in [5, 5.41) is 0. The first-order chi connectivity index (χ1) is 9.86. The Morgan fingerprint density at radius 3 is 2.55 bits per heavy atom. The van der Waals surface area contributed by atoms with Crippen LogP contribution in [0.25, 0.3) is 5.57 Å². The van der Waals surface area contributed by atoms with Crippen molar-refractivity contribution >= 4 is 5.57 Å². The van der Waals surface area contributed by atoms with Crippen LogP contribution in [0.1, 0.15) is 18.9 Å². The van der Waals surface area contributed by atoms with E-state index >= 15 is 0 Å². The smallest absolute Gasteiger partial charge is 0.00882 e. The fraction of sp³-hybridized carbons (Fsp3) is 0.100. The standard InChI is InChI=1S/C20H20/c1-3-12-20(18-15-8-5-6-9-16-18)19(4-2)17-13-10-7-11-14-17/h3-15H,1,16H2,2H3/b19-4-,20-12-. The summed E-state index contributed by atoms with van der Waals surface area (Å²) in [4.78, 5) is 0. The zero-order valence-electron chi connectivity index (χ0n) is 11.9. The molecule has 0 fully saturated rings. The van der Waals surface area contributed by atoms with Crippen LogP contribution in [0.3, 0.4) is 0 Å². The van der Waals surface area contributed by atoms with Crippen LogP contribution in [0.5, 0.6) is 0 Å². The van der Waals surface area contributed by atoms with Crippen LogP contribution in [0.15, 0.2) is 96.7 Å². The van der Waals surface area contributed by atoms with Gasteiger partial charge in [0.25, 0.3) is 0 Å². The molecule has 0 heteroatoms. The molecule has 1 aromatic rings. The van der Waals surface area contributed by atoms with Crippen LogP contribution in [0, 0.1) is 0 Å². The summed E-state index contributed by atoms with van der Waals surface area (Å²) in [6.07, 6.45) is 17.7. The van der Waals surface area contributed by atoms with Gasteiger partial charge in [-0.1, -0.05) is 85.5 Å². The number of allylic oxidation sites excluding steroid dienone is 11. The van der Waals surface area contributed by atoms with E-state index in [1.54, 1.807) is 0 Å².